The van der Waals surface area contributed by atoms with Crippen LogP contribution in [0, 0.1) is 0 Å². The molecule has 2 aromatic carbocycles. The molecule has 2 aliphatic heterocycles. The number of methoxy groups -OCH3 is 4. The second-order valence-corrected chi connectivity index (χ2v) is 6.73. The van der Waals surface area contributed by atoms with Crippen LogP contribution in [0.25, 0.3) is 11.1 Å². The second kappa shape index (κ2) is 7.70. The van der Waals surface area contributed by atoms with Crippen molar-refractivity contribution in [3.05, 3.63) is 35.4 Å². The van der Waals surface area contributed by atoms with Crippen molar-refractivity contribution in [2.24, 2.45) is 0 Å². The molecule has 2 heterocycles. The van der Waals surface area contributed by atoms with Crippen molar-refractivity contribution in [1.82, 2.24) is 0 Å². The maximum atomic E-state index is 11.9. The van der Waals surface area contributed by atoms with Gasteiger partial charge < -0.3 is 33.2 Å². The summed E-state index contributed by atoms with van der Waals surface area (Å²) >= 11 is 0. The molecule has 0 N–H and O–H groups in total. The van der Waals surface area contributed by atoms with E-state index in [0.29, 0.717) is 51.2 Å². The summed E-state index contributed by atoms with van der Waals surface area (Å²) in [5, 5.41) is 0. The Labute approximate surface area is 173 Å². The Morgan fingerprint density at radius 1 is 0.900 bits per heavy atom. The Kier molecular flexibility index (Phi) is 5.07. The van der Waals surface area contributed by atoms with E-state index in [1.54, 1.807) is 40.6 Å². The van der Waals surface area contributed by atoms with E-state index in [1.165, 1.54) is 6.08 Å². The van der Waals surface area contributed by atoms with Crippen molar-refractivity contribution in [1.29, 1.82) is 0 Å². The highest BCUT2D eigenvalue weighted by Crippen LogP contribution is 2.54. The van der Waals surface area contributed by atoms with Crippen LogP contribution in [-0.2, 0) is 9.53 Å². The predicted molar refractivity (Wildman–Crippen MR) is 107 cm³/mol. The van der Waals surface area contributed by atoms with Crippen molar-refractivity contribution in [2.45, 2.75) is 13.0 Å². The largest absolute Gasteiger partial charge is 0.493 e. The number of rotatable bonds is 6. The zero-order chi connectivity index (χ0) is 21.4. The van der Waals surface area contributed by atoms with Gasteiger partial charge in [-0.3, -0.25) is 0 Å². The van der Waals surface area contributed by atoms with Gasteiger partial charge in [0.25, 0.3) is 0 Å². The SMILES string of the molecule is COc1cc(-c2c(C3OC(=O)C=C3C)cc3c(c2OC)OCO3)cc(OC)c1OC. The number of hydrogen-bond acceptors (Lipinski definition) is 8. The molecule has 2 aliphatic rings. The number of carbonyl (C=O) groups excluding carboxylic acids is 1. The van der Waals surface area contributed by atoms with Crippen LogP contribution in [0.15, 0.2) is 29.8 Å². The number of esters is 1. The molecule has 0 bridgehead atoms. The van der Waals surface area contributed by atoms with Crippen LogP contribution in [0.2, 0.25) is 0 Å². The summed E-state index contributed by atoms with van der Waals surface area (Å²) in [6.07, 6.45) is 0.885. The van der Waals surface area contributed by atoms with Gasteiger partial charge in [-0.15, -0.1) is 0 Å². The molecule has 1 atom stereocenters. The van der Waals surface area contributed by atoms with Crippen LogP contribution >= 0.6 is 0 Å². The molecule has 0 aromatic heterocycles. The molecule has 0 spiro atoms. The van der Waals surface area contributed by atoms with E-state index in [-0.39, 0.29) is 6.79 Å². The standard InChI is InChI=1S/C22H22O8/c1-11-6-17(23)30-19(11)13-9-16-21(29-10-28-16)22(27-5)18(13)12-7-14(24-2)20(26-4)15(8-12)25-3/h6-9,19H,10H2,1-5H3. The first kappa shape index (κ1) is 19.8. The van der Waals surface area contributed by atoms with Gasteiger partial charge in [0.15, 0.2) is 23.0 Å². The first-order chi connectivity index (χ1) is 14.5. The molecule has 30 heavy (non-hydrogen) atoms. The fraction of sp³-hybridized carbons (Fsp3) is 0.318. The van der Waals surface area contributed by atoms with Gasteiger partial charge in [0.2, 0.25) is 18.3 Å². The van der Waals surface area contributed by atoms with Gasteiger partial charge in [-0.1, -0.05) is 0 Å². The minimum Gasteiger partial charge on any atom is -0.493 e. The van der Waals surface area contributed by atoms with E-state index in [4.69, 9.17) is 33.2 Å². The molecule has 0 saturated carbocycles. The number of carbonyl (C=O) groups is 1. The minimum atomic E-state index is -0.588. The lowest BCUT2D eigenvalue weighted by Gasteiger charge is -2.22. The van der Waals surface area contributed by atoms with Gasteiger partial charge in [0.1, 0.15) is 6.10 Å². The molecule has 8 nitrogen and oxygen atoms in total. The third-order valence-electron chi connectivity index (χ3n) is 5.08. The summed E-state index contributed by atoms with van der Waals surface area (Å²) < 4.78 is 39.0. The Balaban J connectivity index is 2.02. The van der Waals surface area contributed by atoms with Crippen molar-refractivity contribution in [3.8, 4) is 45.6 Å². The minimum absolute atomic E-state index is 0.0725. The third kappa shape index (κ3) is 3.04. The fourth-order valence-electron chi connectivity index (χ4n) is 3.77. The van der Waals surface area contributed by atoms with Gasteiger partial charge in [0.05, 0.1) is 28.4 Å². The third-order valence-corrected chi connectivity index (χ3v) is 5.08. The van der Waals surface area contributed by atoms with E-state index in [9.17, 15) is 4.79 Å². The summed E-state index contributed by atoms with van der Waals surface area (Å²) in [5.74, 6) is 2.49. The molecule has 2 aromatic rings. The van der Waals surface area contributed by atoms with E-state index in [0.717, 1.165) is 5.57 Å². The normalized spacial score (nSPS) is 16.8. The first-order valence-corrected chi connectivity index (χ1v) is 9.22. The van der Waals surface area contributed by atoms with Crippen LogP contribution in [-0.4, -0.2) is 41.2 Å². The number of ether oxygens (including phenoxy) is 7. The molecule has 4 rings (SSSR count). The van der Waals surface area contributed by atoms with E-state index in [2.05, 4.69) is 0 Å². The van der Waals surface area contributed by atoms with E-state index < -0.39 is 12.1 Å². The highest BCUT2D eigenvalue weighted by molar-refractivity contribution is 5.88. The maximum Gasteiger partial charge on any atom is 0.331 e. The Hall–Kier alpha value is -3.55. The van der Waals surface area contributed by atoms with Gasteiger partial charge in [-0.25, -0.2) is 4.79 Å². The summed E-state index contributed by atoms with van der Waals surface area (Å²) in [5.41, 5.74) is 2.86. The molecule has 158 valence electrons. The van der Waals surface area contributed by atoms with Crippen molar-refractivity contribution < 1.29 is 38.0 Å². The smallest absolute Gasteiger partial charge is 0.331 e. The second-order valence-electron chi connectivity index (χ2n) is 6.73. The van der Waals surface area contributed by atoms with E-state index in [1.807, 2.05) is 13.0 Å². The monoisotopic (exact) mass is 414 g/mol. The maximum absolute atomic E-state index is 11.9. The molecule has 0 radical (unpaired) electrons. The average Bonchev–Trinajstić information content (AvgIpc) is 3.36. The van der Waals surface area contributed by atoms with Crippen molar-refractivity contribution in [2.75, 3.05) is 35.2 Å². The van der Waals surface area contributed by atoms with Crippen molar-refractivity contribution >= 4 is 5.97 Å². The summed E-state index contributed by atoms with van der Waals surface area (Å²) in [7, 11) is 6.18. The van der Waals surface area contributed by atoms with Crippen LogP contribution in [0.3, 0.4) is 0 Å². The van der Waals surface area contributed by atoms with Gasteiger partial charge in [-0.2, -0.15) is 0 Å². The molecular formula is C22H22O8. The molecule has 1 unspecified atom stereocenters. The highest BCUT2D eigenvalue weighted by atomic mass is 16.7. The lowest BCUT2D eigenvalue weighted by molar-refractivity contribution is -0.139. The van der Waals surface area contributed by atoms with Gasteiger partial charge in [0, 0.05) is 17.2 Å². The zero-order valence-electron chi connectivity index (χ0n) is 17.4. The number of hydrogen-bond donors (Lipinski definition) is 0. The Morgan fingerprint density at radius 2 is 1.57 bits per heavy atom. The predicted octanol–water partition coefficient (Wildman–Crippen LogP) is 3.66. The van der Waals surface area contributed by atoms with Crippen molar-refractivity contribution in [3.63, 3.8) is 0 Å². The molecule has 0 saturated heterocycles. The number of benzene rings is 2. The van der Waals surface area contributed by atoms with Crippen LogP contribution in [0.4, 0.5) is 0 Å². The molecule has 8 heteroatoms. The van der Waals surface area contributed by atoms with Crippen LogP contribution in [0.5, 0.6) is 34.5 Å². The quantitative estimate of drug-likeness (QED) is 0.663. The Morgan fingerprint density at radius 3 is 2.10 bits per heavy atom. The van der Waals surface area contributed by atoms with Crippen LogP contribution in [0.1, 0.15) is 18.6 Å². The molecular weight excluding hydrogens is 392 g/mol. The highest BCUT2D eigenvalue weighted by Gasteiger charge is 2.34. The topological polar surface area (TPSA) is 81.7 Å². The summed E-state index contributed by atoms with van der Waals surface area (Å²) in [6.45, 7) is 1.91. The fourth-order valence-corrected chi connectivity index (χ4v) is 3.77. The van der Waals surface area contributed by atoms with Gasteiger partial charge in [-0.05, 0) is 36.3 Å². The first-order valence-electron chi connectivity index (χ1n) is 9.22. The molecule has 0 aliphatic carbocycles. The van der Waals surface area contributed by atoms with Crippen LogP contribution < -0.4 is 28.4 Å². The number of cyclic esters (lactones) is 1. The lowest BCUT2D eigenvalue weighted by atomic mass is 9.91. The van der Waals surface area contributed by atoms with Gasteiger partial charge >= 0.3 is 5.97 Å². The molecule has 0 amide bonds. The lowest BCUT2D eigenvalue weighted by Crippen LogP contribution is -2.06. The zero-order valence-corrected chi connectivity index (χ0v) is 17.4. The summed E-state index contributed by atoms with van der Waals surface area (Å²) in [4.78, 5) is 11.9. The summed E-state index contributed by atoms with van der Waals surface area (Å²) in [6, 6.07) is 5.42. The number of fused-ring (bicyclic) bond motifs is 1. The van der Waals surface area contributed by atoms with E-state index >= 15 is 0 Å². The Bertz CT molecular complexity index is 1010. The average molecular weight is 414 g/mol. The molecule has 0 fully saturated rings.